The molecular weight excluding hydrogens is 269 g/mol. The van der Waals surface area contributed by atoms with Crippen molar-refractivity contribution < 1.29 is 13.2 Å². The Balaban J connectivity index is 2.51. The Morgan fingerprint density at radius 2 is 1.90 bits per heavy atom. The van der Waals surface area contributed by atoms with E-state index in [4.69, 9.17) is 0 Å². The summed E-state index contributed by atoms with van der Waals surface area (Å²) in [5.41, 5.74) is -2.46. The maximum absolute atomic E-state index is 13.1. The highest BCUT2D eigenvalue weighted by molar-refractivity contribution is 5.36. The van der Waals surface area contributed by atoms with E-state index in [1.54, 1.807) is 24.4 Å². The summed E-state index contributed by atoms with van der Waals surface area (Å²) in [6.07, 6.45) is 3.42. The van der Waals surface area contributed by atoms with Gasteiger partial charge in [0.05, 0.1) is 0 Å². The molecule has 3 N–H and O–H groups in total. The smallest absolute Gasteiger partial charge is 0.366 e. The van der Waals surface area contributed by atoms with Crippen molar-refractivity contribution in [3.8, 4) is 0 Å². The van der Waals surface area contributed by atoms with E-state index in [2.05, 4.69) is 20.8 Å². The summed E-state index contributed by atoms with van der Waals surface area (Å²) >= 11 is 0. The number of hydrogen-bond acceptors (Lipinski definition) is 3. The van der Waals surface area contributed by atoms with Gasteiger partial charge in [0.25, 0.3) is 0 Å². The predicted octanol–water partition coefficient (Wildman–Crippen LogP) is 2.64. The van der Waals surface area contributed by atoms with E-state index in [0.29, 0.717) is 0 Å². The van der Waals surface area contributed by atoms with Gasteiger partial charge in [0.1, 0.15) is 5.66 Å². The van der Waals surface area contributed by atoms with Crippen LogP contribution in [0.1, 0.15) is 32.0 Å². The lowest BCUT2D eigenvalue weighted by molar-refractivity contribution is -0.142. The van der Waals surface area contributed by atoms with Crippen LogP contribution in [0.4, 0.5) is 13.2 Å². The minimum Gasteiger partial charge on any atom is -0.366 e. The van der Waals surface area contributed by atoms with Crippen LogP contribution in [0.2, 0.25) is 0 Å². The Morgan fingerprint density at radius 3 is 2.40 bits per heavy atom. The van der Waals surface area contributed by atoms with E-state index in [-0.39, 0.29) is 5.56 Å². The second-order valence-corrected chi connectivity index (χ2v) is 5.69. The predicted molar refractivity (Wildman–Crippen MR) is 69.6 cm³/mol. The summed E-state index contributed by atoms with van der Waals surface area (Å²) in [5.74, 6) is 0. The lowest BCUT2D eigenvalue weighted by Crippen LogP contribution is -2.58. The number of alkyl halides is 3. The first-order valence-electron chi connectivity index (χ1n) is 6.17. The Bertz CT molecular complexity index is 537. The van der Waals surface area contributed by atoms with Crippen molar-refractivity contribution in [3.05, 3.63) is 41.9 Å². The van der Waals surface area contributed by atoms with E-state index in [9.17, 15) is 13.2 Å². The van der Waals surface area contributed by atoms with Crippen molar-refractivity contribution in [3.63, 3.8) is 0 Å². The number of aromatic amines is 1. The molecule has 1 unspecified atom stereocenters. The van der Waals surface area contributed by atoms with Crippen LogP contribution in [0.5, 0.6) is 0 Å². The van der Waals surface area contributed by atoms with Crippen molar-refractivity contribution in [2.75, 3.05) is 0 Å². The maximum Gasteiger partial charge on any atom is 0.435 e. The number of halogens is 3. The topological polar surface area (TPSA) is 52.7 Å². The van der Waals surface area contributed by atoms with Gasteiger partial charge in [0.15, 0.2) is 5.69 Å². The van der Waals surface area contributed by atoms with Crippen molar-refractivity contribution in [2.24, 2.45) is 0 Å². The van der Waals surface area contributed by atoms with Crippen molar-refractivity contribution in [1.82, 2.24) is 20.8 Å². The monoisotopic (exact) mass is 286 g/mol. The molecule has 4 nitrogen and oxygen atoms in total. The summed E-state index contributed by atoms with van der Waals surface area (Å²) in [6, 6.07) is 0. The first kappa shape index (κ1) is 14.6. The quantitative estimate of drug-likeness (QED) is 0.783. The number of allylic oxidation sites excluding steroid dienone is 2. The molecule has 2 heterocycles. The van der Waals surface area contributed by atoms with Gasteiger partial charge >= 0.3 is 6.18 Å². The zero-order valence-electron chi connectivity index (χ0n) is 11.5. The number of nitrogens with one attached hydrogen (secondary N) is 3. The summed E-state index contributed by atoms with van der Waals surface area (Å²) in [5, 5.41) is 11.8. The standard InChI is InChI=1S/C13H17F3N4/c1-11(2,3)20-12(6-4-5-7-17-12)9-8-18-19-10(9)13(14,15)16/h4-8,17,20H,1-3H3,(H,18,19). The van der Waals surface area contributed by atoms with Crippen LogP contribution in [0.15, 0.2) is 30.6 Å². The number of aromatic nitrogens is 2. The van der Waals surface area contributed by atoms with Gasteiger partial charge in [-0.05, 0) is 39.1 Å². The zero-order chi connectivity index (χ0) is 15.0. The molecule has 0 saturated heterocycles. The van der Waals surface area contributed by atoms with Gasteiger partial charge in [0.2, 0.25) is 0 Å². The van der Waals surface area contributed by atoms with E-state index in [0.717, 1.165) is 0 Å². The fourth-order valence-corrected chi connectivity index (χ4v) is 2.19. The molecule has 1 aromatic heterocycles. The lowest BCUT2D eigenvalue weighted by atomic mass is 9.93. The molecule has 1 atom stereocenters. The number of dihydropyridines is 1. The Morgan fingerprint density at radius 1 is 1.20 bits per heavy atom. The van der Waals surface area contributed by atoms with E-state index < -0.39 is 23.1 Å². The molecular formula is C13H17F3N4. The minimum atomic E-state index is -4.52. The van der Waals surface area contributed by atoms with E-state index in [1.807, 2.05) is 20.8 Å². The third-order valence-electron chi connectivity index (χ3n) is 2.77. The molecule has 0 bridgehead atoms. The number of nitrogens with zero attached hydrogens (tertiary/aromatic N) is 1. The first-order chi connectivity index (χ1) is 9.14. The molecule has 0 spiro atoms. The Hall–Kier alpha value is -1.76. The third-order valence-corrected chi connectivity index (χ3v) is 2.77. The molecule has 2 rings (SSSR count). The molecule has 1 aliphatic heterocycles. The molecule has 0 fully saturated rings. The average molecular weight is 286 g/mol. The summed E-state index contributed by atoms with van der Waals surface area (Å²) in [7, 11) is 0. The first-order valence-corrected chi connectivity index (χ1v) is 6.17. The number of rotatable bonds is 2. The Kier molecular flexibility index (Phi) is 3.41. The summed E-state index contributed by atoms with van der Waals surface area (Å²) < 4.78 is 39.2. The van der Waals surface area contributed by atoms with Gasteiger partial charge in [-0.1, -0.05) is 6.08 Å². The maximum atomic E-state index is 13.1. The molecule has 1 aliphatic rings. The van der Waals surface area contributed by atoms with Gasteiger partial charge in [-0.25, -0.2) is 0 Å². The van der Waals surface area contributed by atoms with E-state index in [1.165, 1.54) is 6.20 Å². The highest BCUT2D eigenvalue weighted by atomic mass is 19.4. The molecule has 20 heavy (non-hydrogen) atoms. The van der Waals surface area contributed by atoms with Crippen LogP contribution in [0, 0.1) is 0 Å². The molecule has 110 valence electrons. The second-order valence-electron chi connectivity index (χ2n) is 5.69. The normalized spacial score (nSPS) is 22.9. The molecule has 0 aromatic carbocycles. The van der Waals surface area contributed by atoms with Crippen molar-refractivity contribution >= 4 is 0 Å². The van der Waals surface area contributed by atoms with Gasteiger partial charge in [-0.3, -0.25) is 10.4 Å². The van der Waals surface area contributed by atoms with Crippen LogP contribution in [0.3, 0.4) is 0 Å². The summed E-state index contributed by atoms with van der Waals surface area (Å²) in [6.45, 7) is 5.65. The molecule has 0 radical (unpaired) electrons. The average Bonchev–Trinajstić information content (AvgIpc) is 2.76. The molecule has 0 amide bonds. The fraction of sp³-hybridized carbons (Fsp3) is 0.462. The van der Waals surface area contributed by atoms with Crippen molar-refractivity contribution in [1.29, 1.82) is 0 Å². The fourth-order valence-electron chi connectivity index (χ4n) is 2.19. The highest BCUT2D eigenvalue weighted by Gasteiger charge is 2.44. The summed E-state index contributed by atoms with van der Waals surface area (Å²) in [4.78, 5) is 0. The SMILES string of the molecule is CC(C)(C)NC1(c2c[nH]nc2C(F)(F)F)C=CC=CN1. The van der Waals surface area contributed by atoms with Crippen LogP contribution in [-0.2, 0) is 11.8 Å². The zero-order valence-corrected chi connectivity index (χ0v) is 11.5. The molecule has 7 heteroatoms. The minimum absolute atomic E-state index is 0.0144. The van der Waals surface area contributed by atoms with E-state index >= 15 is 0 Å². The molecule has 0 aliphatic carbocycles. The number of H-pyrrole nitrogens is 1. The van der Waals surface area contributed by atoms with Gasteiger partial charge in [0, 0.05) is 17.3 Å². The number of hydrogen-bond donors (Lipinski definition) is 3. The Labute approximate surface area is 115 Å². The lowest BCUT2D eigenvalue weighted by Gasteiger charge is -2.40. The third kappa shape index (κ3) is 2.87. The van der Waals surface area contributed by atoms with Crippen molar-refractivity contribution in [2.45, 2.75) is 38.1 Å². The largest absolute Gasteiger partial charge is 0.435 e. The van der Waals surface area contributed by atoms with Gasteiger partial charge in [-0.2, -0.15) is 18.3 Å². The van der Waals surface area contributed by atoms with Gasteiger partial charge in [-0.15, -0.1) is 0 Å². The van der Waals surface area contributed by atoms with Gasteiger partial charge < -0.3 is 5.32 Å². The van der Waals surface area contributed by atoms with Crippen LogP contribution in [0.25, 0.3) is 0 Å². The van der Waals surface area contributed by atoms with Crippen LogP contribution >= 0.6 is 0 Å². The molecule has 1 aromatic rings. The van der Waals surface area contributed by atoms with Crippen LogP contribution in [-0.4, -0.2) is 15.7 Å². The molecule has 0 saturated carbocycles. The second kappa shape index (κ2) is 4.66. The highest BCUT2D eigenvalue weighted by Crippen LogP contribution is 2.36. The van der Waals surface area contributed by atoms with Crippen LogP contribution < -0.4 is 10.6 Å².